The number of hydrogen-bond donors (Lipinski definition) is 0. The number of carbonyl (C=O) groups is 1. The summed E-state index contributed by atoms with van der Waals surface area (Å²) in [5, 5.41) is 0. The summed E-state index contributed by atoms with van der Waals surface area (Å²) in [7, 11) is 0. The Kier molecular flexibility index (Phi) is 3.67. The Morgan fingerprint density at radius 2 is 1.84 bits per heavy atom. The maximum Gasteiger partial charge on any atom is 0.166 e. The lowest BCUT2D eigenvalue weighted by Gasteiger charge is -2.38. The topological polar surface area (TPSA) is 17.1 Å². The van der Waals surface area contributed by atoms with E-state index in [0.29, 0.717) is 5.56 Å². The molecule has 2 fully saturated rings. The van der Waals surface area contributed by atoms with E-state index < -0.39 is 0 Å². The van der Waals surface area contributed by atoms with Gasteiger partial charge in [-0.15, -0.1) is 0 Å². The number of benzene rings is 1. The predicted octanol–water partition coefficient (Wildman–Crippen LogP) is 4.61. The van der Waals surface area contributed by atoms with Crippen molar-refractivity contribution in [2.45, 2.75) is 44.9 Å². The second kappa shape index (κ2) is 5.44. The first-order valence-electron chi connectivity index (χ1n) is 7.54. The molecule has 102 valence electrons. The standard InChI is InChI=1S/C17H21FO/c18-16-7-3-6-14(11-16)17(19)15-9-8-12-4-1-2-5-13(12)10-15/h3,6-7,11-13,15H,1-2,4-5,8-10H2. The van der Waals surface area contributed by atoms with Gasteiger partial charge in [0.05, 0.1) is 0 Å². The van der Waals surface area contributed by atoms with Crippen molar-refractivity contribution in [3.05, 3.63) is 35.6 Å². The molecule has 2 saturated carbocycles. The minimum absolute atomic E-state index is 0.126. The molecule has 0 N–H and O–H groups in total. The molecule has 0 spiro atoms. The lowest BCUT2D eigenvalue weighted by atomic mass is 9.66. The Balaban J connectivity index is 1.71. The Hall–Kier alpha value is -1.18. The van der Waals surface area contributed by atoms with E-state index >= 15 is 0 Å². The zero-order valence-corrected chi connectivity index (χ0v) is 11.3. The van der Waals surface area contributed by atoms with Crippen molar-refractivity contribution in [1.82, 2.24) is 0 Å². The number of ketones is 1. The van der Waals surface area contributed by atoms with Crippen molar-refractivity contribution in [2.75, 3.05) is 0 Å². The van der Waals surface area contributed by atoms with Crippen molar-refractivity contribution >= 4 is 5.78 Å². The van der Waals surface area contributed by atoms with E-state index in [2.05, 4.69) is 0 Å². The van der Waals surface area contributed by atoms with Crippen LogP contribution in [0.4, 0.5) is 4.39 Å². The molecule has 2 heteroatoms. The Morgan fingerprint density at radius 1 is 1.05 bits per heavy atom. The zero-order valence-electron chi connectivity index (χ0n) is 11.3. The van der Waals surface area contributed by atoms with E-state index in [9.17, 15) is 9.18 Å². The molecule has 2 aliphatic carbocycles. The molecule has 0 heterocycles. The van der Waals surface area contributed by atoms with Crippen molar-refractivity contribution < 1.29 is 9.18 Å². The third kappa shape index (κ3) is 2.72. The lowest BCUT2D eigenvalue weighted by molar-refractivity contribution is 0.0763. The summed E-state index contributed by atoms with van der Waals surface area (Å²) in [6.45, 7) is 0. The molecule has 0 aliphatic heterocycles. The number of Topliss-reactive ketones (excluding diaryl/α,β-unsaturated/α-hetero) is 1. The first kappa shape index (κ1) is 12.8. The number of hydrogen-bond acceptors (Lipinski definition) is 1. The monoisotopic (exact) mass is 260 g/mol. The highest BCUT2D eigenvalue weighted by Crippen LogP contribution is 2.43. The van der Waals surface area contributed by atoms with E-state index in [1.807, 2.05) is 0 Å². The maximum absolute atomic E-state index is 13.2. The average Bonchev–Trinajstić information content (AvgIpc) is 2.46. The fraction of sp³-hybridized carbons (Fsp3) is 0.588. The summed E-state index contributed by atoms with van der Waals surface area (Å²) >= 11 is 0. The van der Waals surface area contributed by atoms with Crippen LogP contribution in [-0.4, -0.2) is 5.78 Å². The summed E-state index contributed by atoms with van der Waals surface area (Å²) < 4.78 is 13.2. The first-order valence-corrected chi connectivity index (χ1v) is 7.54. The summed E-state index contributed by atoms with van der Waals surface area (Å²) in [6, 6.07) is 6.16. The maximum atomic E-state index is 13.2. The van der Waals surface area contributed by atoms with Crippen molar-refractivity contribution in [3.63, 3.8) is 0 Å². The van der Waals surface area contributed by atoms with Crippen LogP contribution in [0.1, 0.15) is 55.3 Å². The molecule has 1 aromatic carbocycles. The van der Waals surface area contributed by atoms with Gasteiger partial charge in [-0.2, -0.15) is 0 Å². The number of fused-ring (bicyclic) bond motifs is 1. The van der Waals surface area contributed by atoms with Crippen LogP contribution in [0.2, 0.25) is 0 Å². The highest BCUT2D eigenvalue weighted by atomic mass is 19.1. The van der Waals surface area contributed by atoms with Crippen molar-refractivity contribution in [2.24, 2.45) is 17.8 Å². The zero-order chi connectivity index (χ0) is 13.2. The van der Waals surface area contributed by atoms with E-state index in [-0.39, 0.29) is 17.5 Å². The van der Waals surface area contributed by atoms with Gasteiger partial charge in [-0.05, 0) is 43.2 Å². The molecule has 2 aliphatic rings. The summed E-state index contributed by atoms with van der Waals surface area (Å²) in [5.74, 6) is 1.57. The SMILES string of the molecule is O=C(c1cccc(F)c1)C1CCC2CCCCC2C1. The van der Waals surface area contributed by atoms with Gasteiger partial charge < -0.3 is 0 Å². The van der Waals surface area contributed by atoms with Crippen molar-refractivity contribution in [3.8, 4) is 0 Å². The predicted molar refractivity (Wildman–Crippen MR) is 73.5 cm³/mol. The molecule has 0 aromatic heterocycles. The van der Waals surface area contributed by atoms with E-state index in [4.69, 9.17) is 0 Å². The summed E-state index contributed by atoms with van der Waals surface area (Å²) in [4.78, 5) is 12.5. The average molecular weight is 260 g/mol. The highest BCUT2D eigenvalue weighted by Gasteiger charge is 2.35. The highest BCUT2D eigenvalue weighted by molar-refractivity contribution is 5.97. The molecule has 0 saturated heterocycles. The second-order valence-electron chi connectivity index (χ2n) is 6.19. The third-order valence-corrected chi connectivity index (χ3v) is 5.02. The molecule has 3 atom stereocenters. The molecule has 3 unspecified atom stereocenters. The molecule has 1 nitrogen and oxygen atoms in total. The largest absolute Gasteiger partial charge is 0.294 e. The second-order valence-corrected chi connectivity index (χ2v) is 6.19. The van der Waals surface area contributed by atoms with Crippen molar-refractivity contribution in [1.29, 1.82) is 0 Å². The molecular formula is C17H21FO. The van der Waals surface area contributed by atoms with Gasteiger partial charge in [-0.1, -0.05) is 37.8 Å². The molecule has 0 radical (unpaired) electrons. The van der Waals surface area contributed by atoms with Crippen LogP contribution < -0.4 is 0 Å². The smallest absolute Gasteiger partial charge is 0.166 e. The Morgan fingerprint density at radius 3 is 2.63 bits per heavy atom. The van der Waals surface area contributed by atoms with Gasteiger partial charge in [-0.3, -0.25) is 4.79 Å². The van der Waals surface area contributed by atoms with Gasteiger partial charge in [-0.25, -0.2) is 4.39 Å². The Bertz CT molecular complexity index is 468. The normalized spacial score (nSPS) is 30.7. The van der Waals surface area contributed by atoms with Gasteiger partial charge in [0.1, 0.15) is 5.82 Å². The van der Waals surface area contributed by atoms with Gasteiger partial charge in [0.15, 0.2) is 5.78 Å². The fourth-order valence-electron chi connectivity index (χ4n) is 3.99. The molecule has 1 aromatic rings. The van der Waals surface area contributed by atoms with Gasteiger partial charge in [0, 0.05) is 11.5 Å². The van der Waals surface area contributed by atoms with Gasteiger partial charge in [0.25, 0.3) is 0 Å². The Labute approximate surface area is 114 Å². The molecule has 19 heavy (non-hydrogen) atoms. The number of halogens is 1. The minimum Gasteiger partial charge on any atom is -0.294 e. The number of carbonyl (C=O) groups excluding carboxylic acids is 1. The van der Waals surface area contributed by atoms with Gasteiger partial charge >= 0.3 is 0 Å². The summed E-state index contributed by atoms with van der Waals surface area (Å²) in [5.41, 5.74) is 0.555. The molecule has 3 rings (SSSR count). The molecule has 0 amide bonds. The van der Waals surface area contributed by atoms with E-state index in [1.54, 1.807) is 12.1 Å². The molecular weight excluding hydrogens is 239 g/mol. The fourth-order valence-corrected chi connectivity index (χ4v) is 3.99. The first-order chi connectivity index (χ1) is 9.24. The van der Waals surface area contributed by atoms with E-state index in [0.717, 1.165) is 24.7 Å². The minimum atomic E-state index is -0.308. The lowest BCUT2D eigenvalue weighted by Crippen LogP contribution is -2.31. The van der Waals surface area contributed by atoms with Crippen LogP contribution in [0.15, 0.2) is 24.3 Å². The molecule has 0 bridgehead atoms. The van der Waals surface area contributed by atoms with Crippen LogP contribution in [-0.2, 0) is 0 Å². The van der Waals surface area contributed by atoms with Crippen LogP contribution in [0.5, 0.6) is 0 Å². The summed E-state index contributed by atoms with van der Waals surface area (Å²) in [6.07, 6.45) is 8.54. The van der Waals surface area contributed by atoms with Crippen LogP contribution in [0.3, 0.4) is 0 Å². The van der Waals surface area contributed by atoms with Gasteiger partial charge in [0.2, 0.25) is 0 Å². The van der Waals surface area contributed by atoms with Crippen LogP contribution in [0.25, 0.3) is 0 Å². The third-order valence-electron chi connectivity index (χ3n) is 5.02. The number of rotatable bonds is 2. The van der Waals surface area contributed by atoms with E-state index in [1.165, 1.54) is 44.2 Å². The van der Waals surface area contributed by atoms with Crippen LogP contribution >= 0.6 is 0 Å². The van der Waals surface area contributed by atoms with Crippen LogP contribution in [0, 0.1) is 23.6 Å². The quantitative estimate of drug-likeness (QED) is 0.709.